The third kappa shape index (κ3) is 3.11. The van der Waals surface area contributed by atoms with Crippen molar-refractivity contribution in [2.24, 2.45) is 5.73 Å². The van der Waals surface area contributed by atoms with Crippen molar-refractivity contribution >= 4 is 10.8 Å². The van der Waals surface area contributed by atoms with Gasteiger partial charge in [-0.05, 0) is 25.7 Å². The Labute approximate surface area is 120 Å². The second kappa shape index (κ2) is 5.81. The lowest BCUT2D eigenvalue weighted by Crippen LogP contribution is -2.31. The van der Waals surface area contributed by atoms with Crippen molar-refractivity contribution in [3.8, 4) is 5.75 Å². The summed E-state index contributed by atoms with van der Waals surface area (Å²) in [5.41, 5.74) is 6.18. The van der Waals surface area contributed by atoms with Gasteiger partial charge in [0.1, 0.15) is 12.4 Å². The Balaban J connectivity index is 2.44. The highest BCUT2D eigenvalue weighted by atomic mass is 16.5. The molecule has 0 heterocycles. The van der Waals surface area contributed by atoms with Gasteiger partial charge in [0.05, 0.1) is 5.60 Å². The molecule has 20 heavy (non-hydrogen) atoms. The van der Waals surface area contributed by atoms with E-state index < -0.39 is 5.60 Å². The van der Waals surface area contributed by atoms with Crippen LogP contribution in [0.1, 0.15) is 38.8 Å². The molecular formula is C17H23NO2. The van der Waals surface area contributed by atoms with E-state index in [-0.39, 0.29) is 12.6 Å². The summed E-state index contributed by atoms with van der Waals surface area (Å²) in [5.74, 6) is 0.784. The van der Waals surface area contributed by atoms with Crippen LogP contribution in [0.25, 0.3) is 10.8 Å². The van der Waals surface area contributed by atoms with Crippen molar-refractivity contribution in [1.82, 2.24) is 0 Å². The van der Waals surface area contributed by atoms with Crippen molar-refractivity contribution in [3.05, 3.63) is 42.0 Å². The van der Waals surface area contributed by atoms with Crippen LogP contribution < -0.4 is 10.5 Å². The largest absolute Gasteiger partial charge is 0.490 e. The summed E-state index contributed by atoms with van der Waals surface area (Å²) < 4.78 is 5.94. The second-order valence-electron chi connectivity index (χ2n) is 5.63. The van der Waals surface area contributed by atoms with Crippen molar-refractivity contribution in [3.63, 3.8) is 0 Å². The smallest absolute Gasteiger partial charge is 0.132 e. The van der Waals surface area contributed by atoms with Crippen molar-refractivity contribution in [1.29, 1.82) is 0 Å². The fraction of sp³-hybridized carbons (Fsp3) is 0.412. The van der Waals surface area contributed by atoms with Gasteiger partial charge in [-0.1, -0.05) is 43.3 Å². The van der Waals surface area contributed by atoms with Gasteiger partial charge >= 0.3 is 0 Å². The lowest BCUT2D eigenvalue weighted by molar-refractivity contribution is 0.00861. The Kier molecular flexibility index (Phi) is 4.31. The summed E-state index contributed by atoms with van der Waals surface area (Å²) in [4.78, 5) is 0. The van der Waals surface area contributed by atoms with E-state index >= 15 is 0 Å². The molecule has 0 bridgehead atoms. The van der Waals surface area contributed by atoms with Crippen LogP contribution in [0.4, 0.5) is 0 Å². The highest BCUT2D eigenvalue weighted by Crippen LogP contribution is 2.33. The predicted molar refractivity (Wildman–Crippen MR) is 83.0 cm³/mol. The number of hydrogen-bond donors (Lipinski definition) is 2. The molecule has 0 aromatic heterocycles. The number of aliphatic hydroxyl groups is 1. The summed E-state index contributed by atoms with van der Waals surface area (Å²) in [5, 5.41) is 12.3. The van der Waals surface area contributed by atoms with E-state index in [2.05, 4.69) is 6.07 Å². The minimum atomic E-state index is -0.827. The van der Waals surface area contributed by atoms with E-state index in [1.165, 1.54) is 0 Å². The standard InChI is InChI=1S/C17H23NO2/c1-4-17(3,19)11-20-16-14(12(2)18)10-9-13-7-5-6-8-15(13)16/h5-10,12,19H,4,11,18H2,1-3H3/t12-,17?/m1/s1. The first-order valence-corrected chi connectivity index (χ1v) is 7.07. The molecule has 1 unspecified atom stereocenters. The summed E-state index contributed by atoms with van der Waals surface area (Å²) in [6.07, 6.45) is 0.644. The highest BCUT2D eigenvalue weighted by molar-refractivity contribution is 5.89. The summed E-state index contributed by atoms with van der Waals surface area (Å²) in [6.45, 7) is 5.93. The number of ether oxygens (including phenoxy) is 1. The predicted octanol–water partition coefficient (Wildman–Crippen LogP) is 3.40. The number of nitrogens with two attached hydrogens (primary N) is 1. The molecule has 0 saturated carbocycles. The fourth-order valence-corrected chi connectivity index (χ4v) is 2.11. The number of benzene rings is 2. The molecular weight excluding hydrogens is 250 g/mol. The maximum absolute atomic E-state index is 10.1. The van der Waals surface area contributed by atoms with Crippen LogP contribution in [0.2, 0.25) is 0 Å². The van der Waals surface area contributed by atoms with Crippen molar-refractivity contribution < 1.29 is 9.84 Å². The first-order valence-electron chi connectivity index (χ1n) is 7.07. The van der Waals surface area contributed by atoms with Gasteiger partial charge in [-0.15, -0.1) is 0 Å². The zero-order valence-corrected chi connectivity index (χ0v) is 12.4. The molecule has 108 valence electrons. The van der Waals surface area contributed by atoms with Gasteiger partial charge in [-0.25, -0.2) is 0 Å². The molecule has 0 amide bonds. The normalized spacial score (nSPS) is 15.8. The summed E-state index contributed by atoms with van der Waals surface area (Å²) in [7, 11) is 0. The topological polar surface area (TPSA) is 55.5 Å². The van der Waals surface area contributed by atoms with Crippen LogP contribution in [0.15, 0.2) is 36.4 Å². The first kappa shape index (κ1) is 14.8. The first-order chi connectivity index (χ1) is 9.44. The van der Waals surface area contributed by atoms with Crippen molar-refractivity contribution in [2.45, 2.75) is 38.8 Å². The minimum Gasteiger partial charge on any atom is -0.490 e. The number of hydrogen-bond acceptors (Lipinski definition) is 3. The average molecular weight is 273 g/mol. The monoisotopic (exact) mass is 273 g/mol. The molecule has 3 N–H and O–H groups in total. The van der Waals surface area contributed by atoms with Crippen LogP contribution in [0.5, 0.6) is 5.75 Å². The zero-order valence-electron chi connectivity index (χ0n) is 12.4. The van der Waals surface area contributed by atoms with E-state index in [9.17, 15) is 5.11 Å². The summed E-state index contributed by atoms with van der Waals surface area (Å²) >= 11 is 0. The fourth-order valence-electron chi connectivity index (χ4n) is 2.11. The molecule has 0 aliphatic carbocycles. The van der Waals surface area contributed by atoms with E-state index in [0.29, 0.717) is 6.42 Å². The van der Waals surface area contributed by atoms with Gasteiger partial charge in [-0.3, -0.25) is 0 Å². The Morgan fingerprint density at radius 3 is 2.60 bits per heavy atom. The molecule has 2 atom stereocenters. The molecule has 0 spiro atoms. The second-order valence-corrected chi connectivity index (χ2v) is 5.63. The SMILES string of the molecule is CCC(C)(O)COc1c([C@@H](C)N)ccc2ccccc12. The molecule has 3 nitrogen and oxygen atoms in total. The van der Waals surface area contributed by atoms with Crippen LogP contribution in [0, 0.1) is 0 Å². The molecule has 0 saturated heterocycles. The molecule has 2 rings (SSSR count). The molecule has 3 heteroatoms. The molecule has 2 aromatic rings. The van der Waals surface area contributed by atoms with E-state index in [1.54, 1.807) is 6.92 Å². The van der Waals surface area contributed by atoms with Gasteiger partial charge < -0.3 is 15.6 Å². The molecule has 0 aliphatic heterocycles. The minimum absolute atomic E-state index is 0.110. The number of fused-ring (bicyclic) bond motifs is 1. The zero-order chi connectivity index (χ0) is 14.8. The molecule has 0 radical (unpaired) electrons. The van der Waals surface area contributed by atoms with Crippen LogP contribution in [-0.4, -0.2) is 17.3 Å². The lowest BCUT2D eigenvalue weighted by atomic mass is 10.0. The van der Waals surface area contributed by atoms with Crippen molar-refractivity contribution in [2.75, 3.05) is 6.61 Å². The molecule has 2 aromatic carbocycles. The third-order valence-electron chi connectivity index (χ3n) is 3.69. The van der Waals surface area contributed by atoms with Crippen LogP contribution >= 0.6 is 0 Å². The average Bonchev–Trinajstić information content (AvgIpc) is 2.44. The molecule has 0 fully saturated rings. The third-order valence-corrected chi connectivity index (χ3v) is 3.69. The van der Waals surface area contributed by atoms with E-state index in [4.69, 9.17) is 10.5 Å². The summed E-state index contributed by atoms with van der Waals surface area (Å²) in [6, 6.07) is 12.0. The number of rotatable bonds is 5. The maximum atomic E-state index is 10.1. The van der Waals surface area contributed by atoms with Crippen LogP contribution in [-0.2, 0) is 0 Å². The van der Waals surface area contributed by atoms with Gasteiger partial charge in [0.15, 0.2) is 0 Å². The Bertz CT molecular complexity index is 591. The van der Waals surface area contributed by atoms with Crippen LogP contribution in [0.3, 0.4) is 0 Å². The van der Waals surface area contributed by atoms with Gasteiger partial charge in [-0.2, -0.15) is 0 Å². The van der Waals surface area contributed by atoms with Gasteiger partial charge in [0.25, 0.3) is 0 Å². The van der Waals surface area contributed by atoms with Gasteiger partial charge in [0.2, 0.25) is 0 Å². The quantitative estimate of drug-likeness (QED) is 0.878. The van der Waals surface area contributed by atoms with E-state index in [1.807, 2.05) is 44.2 Å². The highest BCUT2D eigenvalue weighted by Gasteiger charge is 2.20. The Morgan fingerprint density at radius 2 is 1.95 bits per heavy atom. The Morgan fingerprint density at radius 1 is 1.25 bits per heavy atom. The van der Waals surface area contributed by atoms with Gasteiger partial charge in [0, 0.05) is 17.0 Å². The Hall–Kier alpha value is -1.58. The lowest BCUT2D eigenvalue weighted by Gasteiger charge is -2.24. The van der Waals surface area contributed by atoms with E-state index in [0.717, 1.165) is 22.1 Å². The molecule has 0 aliphatic rings. The maximum Gasteiger partial charge on any atom is 0.132 e.